The van der Waals surface area contributed by atoms with Gasteiger partial charge in [0, 0.05) is 26.9 Å². The summed E-state index contributed by atoms with van der Waals surface area (Å²) in [7, 11) is 1.31. The van der Waals surface area contributed by atoms with Gasteiger partial charge in [-0.3, -0.25) is 9.78 Å². The Bertz CT molecular complexity index is 1410. The summed E-state index contributed by atoms with van der Waals surface area (Å²) >= 11 is 0. The number of nitrogens with two attached hydrogens (primary N) is 1. The number of fused-ring (bicyclic) bond motifs is 2. The predicted octanol–water partition coefficient (Wildman–Crippen LogP) is 4.71. The number of amides is 1. The number of benzene rings is 1. The number of methoxy groups -OCH3 is 2. The minimum atomic E-state index is -1.24. The number of carbonyl (C=O) groups is 1. The van der Waals surface area contributed by atoms with Gasteiger partial charge in [0.25, 0.3) is 0 Å². The van der Waals surface area contributed by atoms with E-state index >= 15 is 8.78 Å². The summed E-state index contributed by atoms with van der Waals surface area (Å²) in [6.45, 7) is 7.66. The van der Waals surface area contributed by atoms with Crippen molar-refractivity contribution in [1.82, 2.24) is 14.8 Å². The Kier molecular flexibility index (Phi) is 6.87. The van der Waals surface area contributed by atoms with Crippen molar-refractivity contribution in [2.75, 3.05) is 31.5 Å². The molecule has 0 bridgehead atoms. The van der Waals surface area contributed by atoms with Crippen molar-refractivity contribution < 1.29 is 27.8 Å². The Hall–Kier alpha value is -3.51. The van der Waals surface area contributed by atoms with Crippen molar-refractivity contribution in [1.29, 1.82) is 0 Å². The van der Waals surface area contributed by atoms with Crippen molar-refractivity contribution in [2.45, 2.75) is 57.2 Å². The number of hydrogen-bond donors (Lipinski definition) is 1. The minimum Gasteiger partial charge on any atom is -0.493 e. The number of aromatic nitrogens is 3. The van der Waals surface area contributed by atoms with E-state index < -0.39 is 30.8 Å². The topological polar surface area (TPSA) is 105 Å². The van der Waals surface area contributed by atoms with E-state index in [1.54, 1.807) is 17.1 Å². The maximum Gasteiger partial charge on any atom is 0.238 e. The fourth-order valence-corrected chi connectivity index (χ4v) is 5.76. The van der Waals surface area contributed by atoms with Crippen molar-refractivity contribution in [3.8, 4) is 22.9 Å². The average molecular weight is 558 g/mol. The number of halogens is 2. The monoisotopic (exact) mass is 557 g/mol. The molecule has 39 heavy (non-hydrogen) atoms. The molecule has 1 amide bonds. The van der Waals surface area contributed by atoms with Crippen LogP contribution in [0.5, 0.6) is 11.5 Å². The lowest BCUT2D eigenvalue weighted by Crippen LogP contribution is -2.45. The molecule has 1 saturated carbocycles. The first-order valence-corrected chi connectivity index (χ1v) is 16.5. The zero-order valence-corrected chi connectivity index (χ0v) is 23.8. The summed E-state index contributed by atoms with van der Waals surface area (Å²) < 4.78 is 48.3. The maximum absolute atomic E-state index is 15.3. The molecular weight excluding hydrogens is 524 g/mol. The second kappa shape index (κ2) is 9.90. The van der Waals surface area contributed by atoms with Gasteiger partial charge in [0.05, 0.1) is 43.8 Å². The highest BCUT2D eigenvalue weighted by molar-refractivity contribution is 6.76. The number of carbonyl (C=O) groups excluding carboxylic acids is 1. The number of nitrogens with zero attached hydrogens (tertiary/aromatic N) is 4. The van der Waals surface area contributed by atoms with Gasteiger partial charge < -0.3 is 24.8 Å². The smallest absolute Gasteiger partial charge is 0.238 e. The van der Waals surface area contributed by atoms with Gasteiger partial charge in [-0.1, -0.05) is 19.6 Å². The Morgan fingerprint density at radius 3 is 2.33 bits per heavy atom. The van der Waals surface area contributed by atoms with Crippen LogP contribution in [0.15, 0.2) is 24.5 Å². The molecule has 1 spiro atoms. The zero-order chi connectivity index (χ0) is 28.1. The van der Waals surface area contributed by atoms with Gasteiger partial charge in [0.1, 0.15) is 18.1 Å². The highest BCUT2D eigenvalue weighted by Gasteiger charge is 2.57. The second-order valence-electron chi connectivity index (χ2n) is 11.3. The first kappa shape index (κ1) is 27.1. The van der Waals surface area contributed by atoms with Crippen LogP contribution in [0.25, 0.3) is 11.4 Å². The molecule has 1 aromatic carbocycles. The molecule has 2 aliphatic rings. The van der Waals surface area contributed by atoms with Crippen LogP contribution < -0.4 is 20.1 Å². The largest absolute Gasteiger partial charge is 0.493 e. The molecule has 3 heterocycles. The van der Waals surface area contributed by atoms with E-state index in [9.17, 15) is 4.79 Å². The molecule has 208 valence electrons. The Balaban J connectivity index is 1.49. The number of anilines is 2. The van der Waals surface area contributed by atoms with Crippen LogP contribution in [0.4, 0.5) is 20.2 Å². The Labute approximate surface area is 226 Å². The standard InChI is InChI=1S/C27H33F2N5O4Si/c1-36-20-11-21(37-2)23(29)25(22(20)28)33-14-16-12-31-19(10-17(16)27(6-7-27)26(33)35)24-18(30)13-32-34(24)15-38-8-9-39(3,4)5/h10-13H,6-9,14-15,30H2,1-5H3. The fraction of sp³-hybridized carbons (Fsp3) is 0.444. The molecule has 0 radical (unpaired) electrons. The van der Waals surface area contributed by atoms with Gasteiger partial charge in [0.2, 0.25) is 5.91 Å². The van der Waals surface area contributed by atoms with E-state index in [1.165, 1.54) is 14.2 Å². The molecule has 2 N–H and O–H groups in total. The molecular formula is C27H33F2N5O4Si. The molecule has 0 unspecified atom stereocenters. The summed E-state index contributed by atoms with van der Waals surface area (Å²) in [6, 6.07) is 4.00. The summed E-state index contributed by atoms with van der Waals surface area (Å²) in [5.41, 5.74) is 7.97. The van der Waals surface area contributed by atoms with Crippen LogP contribution in [0, 0.1) is 11.6 Å². The summed E-state index contributed by atoms with van der Waals surface area (Å²) in [4.78, 5) is 19.5. The van der Waals surface area contributed by atoms with E-state index in [2.05, 4.69) is 29.7 Å². The van der Waals surface area contributed by atoms with Gasteiger partial charge in [-0.15, -0.1) is 0 Å². The highest BCUT2D eigenvalue weighted by Crippen LogP contribution is 2.55. The van der Waals surface area contributed by atoms with E-state index in [1.807, 2.05) is 6.07 Å². The highest BCUT2D eigenvalue weighted by atomic mass is 28.3. The van der Waals surface area contributed by atoms with Crippen LogP contribution in [-0.2, 0) is 28.2 Å². The van der Waals surface area contributed by atoms with Crippen LogP contribution in [0.2, 0.25) is 25.7 Å². The lowest BCUT2D eigenvalue weighted by atomic mass is 9.86. The number of rotatable bonds is 9. The van der Waals surface area contributed by atoms with Crippen LogP contribution in [0.3, 0.4) is 0 Å². The molecule has 0 saturated heterocycles. The van der Waals surface area contributed by atoms with E-state index in [4.69, 9.17) is 19.9 Å². The summed E-state index contributed by atoms with van der Waals surface area (Å²) in [6.07, 6.45) is 4.30. The van der Waals surface area contributed by atoms with Gasteiger partial charge in [-0.2, -0.15) is 5.10 Å². The lowest BCUT2D eigenvalue weighted by molar-refractivity contribution is -0.121. The molecule has 1 fully saturated rings. The van der Waals surface area contributed by atoms with Gasteiger partial charge in [-0.25, -0.2) is 13.5 Å². The summed E-state index contributed by atoms with van der Waals surface area (Å²) in [5.74, 6) is -2.72. The molecule has 9 nitrogen and oxygen atoms in total. The van der Waals surface area contributed by atoms with Crippen molar-refractivity contribution in [3.63, 3.8) is 0 Å². The molecule has 5 rings (SSSR count). The van der Waals surface area contributed by atoms with E-state index in [0.29, 0.717) is 42.1 Å². The molecule has 12 heteroatoms. The van der Waals surface area contributed by atoms with Crippen LogP contribution in [0.1, 0.15) is 24.0 Å². The normalized spacial score (nSPS) is 16.0. The van der Waals surface area contributed by atoms with E-state index in [0.717, 1.165) is 22.6 Å². The van der Waals surface area contributed by atoms with Crippen molar-refractivity contribution in [3.05, 3.63) is 47.3 Å². The average Bonchev–Trinajstić information content (AvgIpc) is 3.61. The number of pyridine rings is 1. The first-order valence-electron chi connectivity index (χ1n) is 12.8. The SMILES string of the molecule is COc1cc(OC)c(F)c(N2Cc3cnc(-c4c(N)cnn4COCC[Si](C)(C)C)cc3C3(CC3)C2=O)c1F. The van der Waals surface area contributed by atoms with Gasteiger partial charge >= 0.3 is 0 Å². The van der Waals surface area contributed by atoms with Crippen molar-refractivity contribution >= 4 is 25.4 Å². The molecule has 0 atom stereocenters. The maximum atomic E-state index is 15.3. The lowest BCUT2D eigenvalue weighted by Gasteiger charge is -2.35. The van der Waals surface area contributed by atoms with Crippen LogP contribution in [-0.4, -0.2) is 49.6 Å². The predicted molar refractivity (Wildman–Crippen MR) is 146 cm³/mol. The Morgan fingerprint density at radius 1 is 1.08 bits per heavy atom. The number of ether oxygens (including phenoxy) is 3. The van der Waals surface area contributed by atoms with Crippen molar-refractivity contribution in [2.24, 2.45) is 0 Å². The second-order valence-corrected chi connectivity index (χ2v) is 16.9. The quantitative estimate of drug-likeness (QED) is 0.300. The third-order valence-electron chi connectivity index (χ3n) is 7.38. The zero-order valence-electron chi connectivity index (χ0n) is 22.8. The van der Waals surface area contributed by atoms with Crippen LogP contribution >= 0.6 is 0 Å². The molecule has 1 aliphatic carbocycles. The Morgan fingerprint density at radius 2 is 1.74 bits per heavy atom. The fourth-order valence-electron chi connectivity index (χ4n) is 5.01. The third-order valence-corrected chi connectivity index (χ3v) is 9.08. The summed E-state index contributed by atoms with van der Waals surface area (Å²) in [5, 5.41) is 4.36. The van der Waals surface area contributed by atoms with E-state index in [-0.39, 0.29) is 30.7 Å². The third kappa shape index (κ3) is 4.76. The molecule has 3 aromatic rings. The van der Waals surface area contributed by atoms with Gasteiger partial charge in [-0.05, 0) is 36.1 Å². The number of nitrogen functional groups attached to an aromatic ring is 1. The molecule has 2 aromatic heterocycles. The first-order chi connectivity index (χ1) is 18.5. The van der Waals surface area contributed by atoms with Gasteiger partial charge in [0.15, 0.2) is 23.1 Å². The molecule has 1 aliphatic heterocycles. The number of hydrogen-bond acceptors (Lipinski definition) is 7. The minimum absolute atomic E-state index is 0.0537.